The maximum absolute atomic E-state index is 5.83. The van der Waals surface area contributed by atoms with Gasteiger partial charge in [-0.15, -0.1) is 0 Å². The Morgan fingerprint density at radius 2 is 1.95 bits per heavy atom. The molecule has 0 spiro atoms. The summed E-state index contributed by atoms with van der Waals surface area (Å²) < 4.78 is 6.92. The largest absolute Gasteiger partial charge is 0.491 e. The molecule has 0 unspecified atom stereocenters. The van der Waals surface area contributed by atoms with Crippen molar-refractivity contribution in [1.29, 1.82) is 0 Å². The molecule has 0 atom stereocenters. The van der Waals surface area contributed by atoms with Crippen molar-refractivity contribution in [3.05, 3.63) is 52.1 Å². The highest BCUT2D eigenvalue weighted by molar-refractivity contribution is 9.10. The predicted octanol–water partition coefficient (Wildman–Crippen LogP) is 3.95. The number of hydrogen-bond acceptors (Lipinski definition) is 3. The molecule has 3 nitrogen and oxygen atoms in total. The third-order valence-electron chi connectivity index (χ3n) is 2.74. The van der Waals surface area contributed by atoms with Gasteiger partial charge in [-0.2, -0.15) is 0 Å². The zero-order chi connectivity index (χ0) is 13.7. The standard InChI is InChI=1S/C15H17BrN2O/c1-11-9-13(16)10-12(2)15(11)19-8-7-18-14-5-3-4-6-17-14/h3-6,9-10H,7-8H2,1-2H3,(H,17,18). The van der Waals surface area contributed by atoms with Crippen molar-refractivity contribution in [2.45, 2.75) is 13.8 Å². The first kappa shape index (κ1) is 13.9. The van der Waals surface area contributed by atoms with E-state index in [9.17, 15) is 0 Å². The molecular weight excluding hydrogens is 304 g/mol. The van der Waals surface area contributed by atoms with Crippen LogP contribution >= 0.6 is 15.9 Å². The Bertz CT molecular complexity index is 520. The summed E-state index contributed by atoms with van der Waals surface area (Å²) in [5.41, 5.74) is 2.29. The van der Waals surface area contributed by atoms with E-state index in [4.69, 9.17) is 4.74 Å². The molecule has 2 aromatic rings. The van der Waals surface area contributed by atoms with Gasteiger partial charge in [0, 0.05) is 10.7 Å². The van der Waals surface area contributed by atoms with E-state index >= 15 is 0 Å². The average molecular weight is 321 g/mol. The number of halogens is 1. The predicted molar refractivity (Wildman–Crippen MR) is 81.8 cm³/mol. The molecule has 2 rings (SSSR count). The van der Waals surface area contributed by atoms with E-state index in [2.05, 4.69) is 52.2 Å². The summed E-state index contributed by atoms with van der Waals surface area (Å²) in [6.07, 6.45) is 1.77. The quantitative estimate of drug-likeness (QED) is 0.847. The molecule has 0 aliphatic heterocycles. The summed E-state index contributed by atoms with van der Waals surface area (Å²) in [6.45, 7) is 5.45. The Morgan fingerprint density at radius 1 is 1.21 bits per heavy atom. The lowest BCUT2D eigenvalue weighted by Crippen LogP contribution is -2.13. The van der Waals surface area contributed by atoms with E-state index in [1.807, 2.05) is 18.2 Å². The van der Waals surface area contributed by atoms with Crippen LogP contribution in [-0.2, 0) is 0 Å². The second-order valence-corrected chi connectivity index (χ2v) is 5.27. The molecular formula is C15H17BrN2O. The van der Waals surface area contributed by atoms with Crippen molar-refractivity contribution in [3.63, 3.8) is 0 Å². The highest BCUT2D eigenvalue weighted by Gasteiger charge is 2.05. The first-order chi connectivity index (χ1) is 9.16. The van der Waals surface area contributed by atoms with E-state index in [1.165, 1.54) is 0 Å². The van der Waals surface area contributed by atoms with Crippen LogP contribution in [0, 0.1) is 13.8 Å². The van der Waals surface area contributed by atoms with Gasteiger partial charge in [0.2, 0.25) is 0 Å². The summed E-state index contributed by atoms with van der Waals surface area (Å²) in [4.78, 5) is 4.20. The molecule has 1 N–H and O–H groups in total. The molecule has 4 heteroatoms. The fourth-order valence-electron chi connectivity index (χ4n) is 1.92. The molecule has 19 heavy (non-hydrogen) atoms. The summed E-state index contributed by atoms with van der Waals surface area (Å²) in [6, 6.07) is 9.93. The molecule has 1 aromatic carbocycles. The number of ether oxygens (including phenoxy) is 1. The highest BCUT2D eigenvalue weighted by Crippen LogP contribution is 2.27. The molecule has 1 heterocycles. The van der Waals surface area contributed by atoms with Crippen LogP contribution in [0.25, 0.3) is 0 Å². The highest BCUT2D eigenvalue weighted by atomic mass is 79.9. The first-order valence-electron chi connectivity index (χ1n) is 6.21. The molecule has 0 aliphatic rings. The maximum atomic E-state index is 5.83. The third kappa shape index (κ3) is 3.96. The van der Waals surface area contributed by atoms with Gasteiger partial charge in [-0.25, -0.2) is 4.98 Å². The molecule has 0 radical (unpaired) electrons. The van der Waals surface area contributed by atoms with E-state index in [1.54, 1.807) is 6.20 Å². The zero-order valence-corrected chi connectivity index (χ0v) is 12.7. The number of rotatable bonds is 5. The van der Waals surface area contributed by atoms with E-state index in [-0.39, 0.29) is 0 Å². The second-order valence-electron chi connectivity index (χ2n) is 4.36. The number of aromatic nitrogens is 1. The Kier molecular flexibility index (Phi) is 4.80. The van der Waals surface area contributed by atoms with Gasteiger partial charge in [0.05, 0.1) is 6.54 Å². The second kappa shape index (κ2) is 6.57. The SMILES string of the molecule is Cc1cc(Br)cc(C)c1OCCNc1ccccn1. The van der Waals surface area contributed by atoms with Gasteiger partial charge in [-0.05, 0) is 49.2 Å². The number of hydrogen-bond donors (Lipinski definition) is 1. The van der Waals surface area contributed by atoms with Crippen LogP contribution < -0.4 is 10.1 Å². The average Bonchev–Trinajstić information content (AvgIpc) is 2.38. The van der Waals surface area contributed by atoms with Crippen molar-refractivity contribution >= 4 is 21.7 Å². The fraction of sp³-hybridized carbons (Fsp3) is 0.267. The first-order valence-corrected chi connectivity index (χ1v) is 7.00. The van der Waals surface area contributed by atoms with Crippen LogP contribution in [-0.4, -0.2) is 18.1 Å². The summed E-state index contributed by atoms with van der Waals surface area (Å²) in [5, 5.41) is 3.22. The number of anilines is 1. The van der Waals surface area contributed by atoms with Crippen molar-refractivity contribution in [3.8, 4) is 5.75 Å². The minimum absolute atomic E-state index is 0.611. The summed E-state index contributed by atoms with van der Waals surface area (Å²) in [7, 11) is 0. The van der Waals surface area contributed by atoms with Gasteiger partial charge >= 0.3 is 0 Å². The Labute approximate surface area is 122 Å². The van der Waals surface area contributed by atoms with Gasteiger partial charge in [0.1, 0.15) is 18.2 Å². The van der Waals surface area contributed by atoms with Crippen molar-refractivity contribution in [2.75, 3.05) is 18.5 Å². The maximum Gasteiger partial charge on any atom is 0.125 e. The van der Waals surface area contributed by atoms with E-state index < -0.39 is 0 Å². The normalized spacial score (nSPS) is 10.3. The van der Waals surface area contributed by atoms with Crippen LogP contribution in [0.1, 0.15) is 11.1 Å². The molecule has 0 saturated carbocycles. The summed E-state index contributed by atoms with van der Waals surface area (Å²) >= 11 is 3.48. The number of nitrogens with one attached hydrogen (secondary N) is 1. The number of nitrogens with zero attached hydrogens (tertiary/aromatic N) is 1. The molecule has 100 valence electrons. The van der Waals surface area contributed by atoms with Gasteiger partial charge in [0.25, 0.3) is 0 Å². The molecule has 0 aliphatic carbocycles. The number of pyridine rings is 1. The third-order valence-corrected chi connectivity index (χ3v) is 3.20. The Morgan fingerprint density at radius 3 is 2.58 bits per heavy atom. The monoisotopic (exact) mass is 320 g/mol. The van der Waals surface area contributed by atoms with Crippen molar-refractivity contribution in [1.82, 2.24) is 4.98 Å². The minimum Gasteiger partial charge on any atom is -0.491 e. The number of aryl methyl sites for hydroxylation is 2. The van der Waals surface area contributed by atoms with E-state index in [0.29, 0.717) is 6.61 Å². The lowest BCUT2D eigenvalue weighted by molar-refractivity contribution is 0.328. The van der Waals surface area contributed by atoms with Gasteiger partial charge in [0.15, 0.2) is 0 Å². The van der Waals surface area contributed by atoms with Gasteiger partial charge in [-0.1, -0.05) is 22.0 Å². The smallest absolute Gasteiger partial charge is 0.125 e. The topological polar surface area (TPSA) is 34.1 Å². The summed E-state index contributed by atoms with van der Waals surface area (Å²) in [5.74, 6) is 1.83. The molecule has 0 fully saturated rings. The number of benzene rings is 1. The molecule has 0 saturated heterocycles. The van der Waals surface area contributed by atoms with Gasteiger partial charge in [-0.3, -0.25) is 0 Å². The van der Waals surface area contributed by atoms with Crippen LogP contribution in [0.15, 0.2) is 41.0 Å². The lowest BCUT2D eigenvalue weighted by Gasteiger charge is -2.13. The zero-order valence-electron chi connectivity index (χ0n) is 11.1. The van der Waals surface area contributed by atoms with Crippen molar-refractivity contribution < 1.29 is 4.74 Å². The van der Waals surface area contributed by atoms with Crippen LogP contribution in [0.2, 0.25) is 0 Å². The molecule has 0 amide bonds. The van der Waals surface area contributed by atoms with Crippen LogP contribution in [0.3, 0.4) is 0 Å². The Hall–Kier alpha value is -1.55. The fourth-order valence-corrected chi connectivity index (χ4v) is 2.61. The van der Waals surface area contributed by atoms with Crippen molar-refractivity contribution in [2.24, 2.45) is 0 Å². The van der Waals surface area contributed by atoms with Crippen LogP contribution in [0.5, 0.6) is 5.75 Å². The lowest BCUT2D eigenvalue weighted by atomic mass is 10.1. The molecule has 1 aromatic heterocycles. The van der Waals surface area contributed by atoms with Crippen LogP contribution in [0.4, 0.5) is 5.82 Å². The minimum atomic E-state index is 0.611. The molecule has 0 bridgehead atoms. The van der Waals surface area contributed by atoms with Gasteiger partial charge < -0.3 is 10.1 Å². The Balaban J connectivity index is 1.86. The van der Waals surface area contributed by atoms with E-state index in [0.717, 1.165) is 33.7 Å².